The molecule has 2 nitrogen and oxygen atoms in total. The van der Waals surface area contributed by atoms with Crippen molar-refractivity contribution in [1.29, 1.82) is 0 Å². The quantitative estimate of drug-likeness (QED) is 0.648. The number of hydrogen-bond acceptors (Lipinski definition) is 1. The Balaban J connectivity index is 2.52. The first-order valence-electron chi connectivity index (χ1n) is 6.33. The van der Waals surface area contributed by atoms with Gasteiger partial charge >= 0.3 is 0 Å². The molecule has 2 heteroatoms. The molecule has 0 aromatic carbocycles. The van der Waals surface area contributed by atoms with Crippen molar-refractivity contribution in [1.82, 2.24) is 4.98 Å². The minimum absolute atomic E-state index is 0.141. The maximum absolute atomic E-state index is 7.35. The van der Waals surface area contributed by atoms with E-state index in [0.29, 0.717) is 0 Å². The minimum atomic E-state index is -2.15. The molecule has 0 aliphatic rings. The summed E-state index contributed by atoms with van der Waals surface area (Å²) in [5.41, 5.74) is 2.83. The van der Waals surface area contributed by atoms with Gasteiger partial charge in [-0.15, -0.1) is 0 Å². The fraction of sp³-hybridized carbons (Fsp3) is 0.231. The topological polar surface area (TPSA) is 16.8 Å². The molecule has 0 N–H and O–H groups in total. The largest absolute Gasteiger partial charge is 0.258 e. The van der Waals surface area contributed by atoms with Crippen LogP contribution in [0, 0.1) is 13.8 Å². The molecule has 0 saturated heterocycles. The van der Waals surface area contributed by atoms with Gasteiger partial charge in [0, 0.05) is 21.9 Å². The Morgan fingerprint density at radius 1 is 1.27 bits per heavy atom. The molecular formula is C13H15N2+. The monoisotopic (exact) mass is 202 g/mol. The van der Waals surface area contributed by atoms with Crippen LogP contribution in [-0.2, 0) is 7.05 Å². The summed E-state index contributed by atoms with van der Waals surface area (Å²) >= 11 is 0. The summed E-state index contributed by atoms with van der Waals surface area (Å²) in [6.07, 6.45) is 1.95. The van der Waals surface area contributed by atoms with Crippen molar-refractivity contribution in [3.05, 3.63) is 47.9 Å². The zero-order chi connectivity index (χ0) is 13.3. The first kappa shape index (κ1) is 6.72. The smallest absolute Gasteiger partial charge is 0.214 e. The Hall–Kier alpha value is -1.70. The molecular weight excluding hydrogens is 184 g/mol. The molecule has 0 amide bonds. The van der Waals surface area contributed by atoms with Gasteiger partial charge in [0.15, 0.2) is 6.20 Å². The number of aryl methyl sites for hydroxylation is 3. The number of nitrogens with zero attached hydrogens (tertiary/aromatic N) is 2. The number of hydrogen-bond donors (Lipinski definition) is 0. The third-order valence-corrected chi connectivity index (χ3v) is 2.42. The van der Waals surface area contributed by atoms with Crippen molar-refractivity contribution in [3.8, 4) is 11.3 Å². The van der Waals surface area contributed by atoms with E-state index >= 15 is 0 Å². The van der Waals surface area contributed by atoms with Crippen molar-refractivity contribution in [3.63, 3.8) is 0 Å². The van der Waals surface area contributed by atoms with Crippen LogP contribution in [-0.4, -0.2) is 4.98 Å². The van der Waals surface area contributed by atoms with Gasteiger partial charge in [0.25, 0.3) is 0 Å². The second kappa shape index (κ2) is 3.81. The molecule has 0 atom stereocenters. The number of rotatable bonds is 1. The Kier molecular flexibility index (Phi) is 1.71. The zero-order valence-corrected chi connectivity index (χ0v) is 8.86. The Labute approximate surface area is 94.4 Å². The van der Waals surface area contributed by atoms with E-state index in [-0.39, 0.29) is 5.69 Å². The summed E-state index contributed by atoms with van der Waals surface area (Å²) in [6, 6.07) is 9.27. The normalized spacial score (nSPS) is 14.1. The second-order valence-electron chi connectivity index (χ2n) is 3.53. The molecule has 15 heavy (non-hydrogen) atoms. The predicted molar refractivity (Wildman–Crippen MR) is 60.3 cm³/mol. The second-order valence-corrected chi connectivity index (χ2v) is 3.53. The van der Waals surface area contributed by atoms with Gasteiger partial charge in [0.05, 0.1) is 11.3 Å². The summed E-state index contributed by atoms with van der Waals surface area (Å²) in [7, 11) is 1.95. The molecule has 0 radical (unpaired) electrons. The van der Waals surface area contributed by atoms with Crippen LogP contribution >= 0.6 is 0 Å². The van der Waals surface area contributed by atoms with Gasteiger partial charge in [-0.2, -0.15) is 0 Å². The van der Waals surface area contributed by atoms with E-state index in [9.17, 15) is 0 Å². The predicted octanol–water partition coefficient (Wildman–Crippen LogP) is 2.19. The first-order valence-corrected chi connectivity index (χ1v) is 4.83. The van der Waals surface area contributed by atoms with Gasteiger partial charge < -0.3 is 0 Å². The van der Waals surface area contributed by atoms with Crippen LogP contribution in [0.1, 0.15) is 15.5 Å². The highest BCUT2D eigenvalue weighted by molar-refractivity contribution is 5.58. The van der Waals surface area contributed by atoms with Crippen LogP contribution in [0.2, 0.25) is 0 Å². The lowest BCUT2D eigenvalue weighted by atomic mass is 10.1. The highest BCUT2D eigenvalue weighted by Crippen LogP contribution is 2.18. The standard InChI is InChI=1S/C13H15N2/c1-10-7-8-12(11(2)14-10)13-6-4-5-9-15(13)3/h4-9H,1-3H3/q+1/i1D3. The van der Waals surface area contributed by atoms with E-state index in [1.807, 2.05) is 49.0 Å². The number of pyridine rings is 2. The van der Waals surface area contributed by atoms with E-state index in [1.54, 1.807) is 6.07 Å². The molecule has 0 bridgehead atoms. The summed E-state index contributed by atoms with van der Waals surface area (Å²) in [6.45, 7) is -0.320. The highest BCUT2D eigenvalue weighted by atomic mass is 14.9. The van der Waals surface area contributed by atoms with Crippen molar-refractivity contribution in [2.45, 2.75) is 13.8 Å². The highest BCUT2D eigenvalue weighted by Gasteiger charge is 2.11. The lowest BCUT2D eigenvalue weighted by Gasteiger charge is -2.03. The SMILES string of the molecule is [2H]C([2H])([2H])c1ccc(-c2cccc[n+]2C)c(C)n1. The van der Waals surface area contributed by atoms with E-state index in [1.165, 1.54) is 0 Å². The van der Waals surface area contributed by atoms with Crippen molar-refractivity contribution in [2.75, 3.05) is 0 Å². The van der Waals surface area contributed by atoms with Crippen LogP contribution in [0.4, 0.5) is 0 Å². The van der Waals surface area contributed by atoms with E-state index in [4.69, 9.17) is 4.11 Å². The van der Waals surface area contributed by atoms with Crippen molar-refractivity contribution >= 4 is 0 Å². The Morgan fingerprint density at radius 3 is 2.80 bits per heavy atom. The van der Waals surface area contributed by atoms with Gasteiger partial charge in [-0.25, -0.2) is 4.57 Å². The molecule has 0 spiro atoms. The van der Waals surface area contributed by atoms with Crippen molar-refractivity contribution < 1.29 is 8.68 Å². The maximum atomic E-state index is 7.35. The summed E-state index contributed by atoms with van der Waals surface area (Å²) in [5.74, 6) is 0. The van der Waals surface area contributed by atoms with E-state index in [2.05, 4.69) is 4.98 Å². The average molecular weight is 202 g/mol. The molecule has 2 aromatic rings. The van der Waals surface area contributed by atoms with Gasteiger partial charge in [0.2, 0.25) is 5.69 Å². The molecule has 2 heterocycles. The van der Waals surface area contributed by atoms with Gasteiger partial charge in [-0.05, 0) is 32.0 Å². The van der Waals surface area contributed by atoms with E-state index < -0.39 is 6.85 Å². The van der Waals surface area contributed by atoms with E-state index in [0.717, 1.165) is 17.0 Å². The summed E-state index contributed by atoms with van der Waals surface area (Å²) in [4.78, 5) is 4.19. The lowest BCUT2D eigenvalue weighted by Crippen LogP contribution is -2.30. The molecule has 2 rings (SSSR count). The Bertz CT molecular complexity index is 577. The number of aromatic nitrogens is 2. The molecule has 76 valence electrons. The molecule has 0 aliphatic heterocycles. The van der Waals surface area contributed by atoms with Gasteiger partial charge in [0.1, 0.15) is 7.05 Å². The van der Waals surface area contributed by atoms with Crippen LogP contribution in [0.3, 0.4) is 0 Å². The van der Waals surface area contributed by atoms with Crippen LogP contribution in [0.25, 0.3) is 11.3 Å². The molecule has 0 aliphatic carbocycles. The van der Waals surface area contributed by atoms with Crippen molar-refractivity contribution in [2.24, 2.45) is 7.05 Å². The molecule has 0 unspecified atom stereocenters. The fourth-order valence-electron chi connectivity index (χ4n) is 1.63. The van der Waals surface area contributed by atoms with Gasteiger partial charge in [-0.1, -0.05) is 0 Å². The molecule has 0 fully saturated rings. The summed E-state index contributed by atoms with van der Waals surface area (Å²) in [5, 5.41) is 0. The molecule has 2 aromatic heterocycles. The van der Waals surface area contributed by atoms with Crippen LogP contribution in [0.5, 0.6) is 0 Å². The lowest BCUT2D eigenvalue weighted by molar-refractivity contribution is -0.660. The first-order chi connectivity index (χ1) is 8.39. The van der Waals surface area contributed by atoms with Crippen LogP contribution < -0.4 is 4.57 Å². The third-order valence-electron chi connectivity index (χ3n) is 2.42. The molecule has 0 saturated carbocycles. The third kappa shape index (κ3) is 1.89. The summed E-state index contributed by atoms with van der Waals surface area (Å²) < 4.78 is 24.0. The van der Waals surface area contributed by atoms with Gasteiger partial charge in [-0.3, -0.25) is 4.98 Å². The average Bonchev–Trinajstić information content (AvgIpc) is 2.29. The Morgan fingerprint density at radius 2 is 2.13 bits per heavy atom. The maximum Gasteiger partial charge on any atom is 0.214 e. The minimum Gasteiger partial charge on any atom is -0.258 e. The zero-order valence-electron chi connectivity index (χ0n) is 11.9. The van der Waals surface area contributed by atoms with Crippen LogP contribution in [0.15, 0.2) is 36.5 Å². The fourth-order valence-corrected chi connectivity index (χ4v) is 1.63.